The Bertz CT molecular complexity index is 815. The molecule has 0 aliphatic heterocycles. The Morgan fingerprint density at radius 2 is 1.96 bits per heavy atom. The lowest BCUT2D eigenvalue weighted by Crippen LogP contribution is -2.23. The van der Waals surface area contributed by atoms with Crippen molar-refractivity contribution < 1.29 is 13.7 Å². The van der Waals surface area contributed by atoms with Crippen LogP contribution in [0, 0.1) is 5.82 Å². The number of benzene rings is 2. The number of hydrogen-bond donors (Lipinski definition) is 1. The highest BCUT2D eigenvalue weighted by molar-refractivity contribution is 5.76. The molecule has 2 aromatic carbocycles. The Kier molecular flexibility index (Phi) is 5.01. The van der Waals surface area contributed by atoms with Crippen LogP contribution in [0.2, 0.25) is 0 Å². The topological polar surface area (TPSA) is 55.1 Å². The maximum atomic E-state index is 13.1. The van der Waals surface area contributed by atoms with Gasteiger partial charge in [-0.15, -0.1) is 0 Å². The Labute approximate surface area is 139 Å². The molecule has 0 saturated heterocycles. The summed E-state index contributed by atoms with van der Waals surface area (Å²) in [4.78, 5) is 12.0. The smallest absolute Gasteiger partial charge is 0.220 e. The number of halogens is 1. The second-order valence-corrected chi connectivity index (χ2v) is 5.46. The Hall–Kier alpha value is -2.95. The third kappa shape index (κ3) is 4.07. The second kappa shape index (κ2) is 7.55. The van der Waals surface area contributed by atoms with Crippen molar-refractivity contribution >= 4 is 5.91 Å². The van der Waals surface area contributed by atoms with Crippen LogP contribution in [0.15, 0.2) is 65.4 Å². The molecule has 5 heteroatoms. The average molecular weight is 324 g/mol. The average Bonchev–Trinajstić information content (AvgIpc) is 3.07. The fourth-order valence-electron chi connectivity index (χ4n) is 2.45. The van der Waals surface area contributed by atoms with E-state index >= 15 is 0 Å². The number of amides is 1. The lowest BCUT2D eigenvalue weighted by atomic mass is 10.0. The summed E-state index contributed by atoms with van der Waals surface area (Å²) in [5.74, 6) is -0.404. The standard InChI is InChI=1S/C19H17FN2O2/c20-17-8-4-5-14(11-17)12-21-18(23)10-9-16-13-24-22-19(16)15-6-2-1-3-7-15/h1-8,11,13H,9-10,12H2,(H,21,23). The van der Waals surface area contributed by atoms with Crippen LogP contribution in [-0.2, 0) is 17.8 Å². The zero-order chi connectivity index (χ0) is 16.8. The molecule has 0 saturated carbocycles. The molecule has 0 fully saturated rings. The first-order chi connectivity index (χ1) is 11.7. The molecule has 0 radical (unpaired) electrons. The van der Waals surface area contributed by atoms with E-state index in [4.69, 9.17) is 4.52 Å². The predicted molar refractivity (Wildman–Crippen MR) is 88.5 cm³/mol. The zero-order valence-electron chi connectivity index (χ0n) is 13.0. The molecule has 122 valence electrons. The maximum Gasteiger partial charge on any atom is 0.220 e. The summed E-state index contributed by atoms with van der Waals surface area (Å²) < 4.78 is 18.2. The Morgan fingerprint density at radius 3 is 2.75 bits per heavy atom. The van der Waals surface area contributed by atoms with Crippen molar-refractivity contribution in [2.45, 2.75) is 19.4 Å². The van der Waals surface area contributed by atoms with Gasteiger partial charge in [-0.25, -0.2) is 4.39 Å². The summed E-state index contributed by atoms with van der Waals surface area (Å²) >= 11 is 0. The van der Waals surface area contributed by atoms with E-state index in [-0.39, 0.29) is 11.7 Å². The zero-order valence-corrected chi connectivity index (χ0v) is 13.0. The highest BCUT2D eigenvalue weighted by atomic mass is 19.1. The number of aryl methyl sites for hydroxylation is 1. The fraction of sp³-hybridized carbons (Fsp3) is 0.158. The summed E-state index contributed by atoms with van der Waals surface area (Å²) in [5, 5.41) is 6.81. The van der Waals surface area contributed by atoms with E-state index in [2.05, 4.69) is 10.5 Å². The number of rotatable bonds is 6. The lowest BCUT2D eigenvalue weighted by Gasteiger charge is -2.05. The van der Waals surface area contributed by atoms with Crippen molar-refractivity contribution in [3.8, 4) is 11.3 Å². The normalized spacial score (nSPS) is 10.5. The summed E-state index contributed by atoms with van der Waals surface area (Å²) in [7, 11) is 0. The minimum Gasteiger partial charge on any atom is -0.364 e. The third-order valence-corrected chi connectivity index (χ3v) is 3.69. The number of carbonyl (C=O) groups is 1. The minimum atomic E-state index is -0.307. The number of nitrogens with zero attached hydrogens (tertiary/aromatic N) is 1. The molecule has 0 bridgehead atoms. The van der Waals surface area contributed by atoms with E-state index in [9.17, 15) is 9.18 Å². The van der Waals surface area contributed by atoms with E-state index in [1.54, 1.807) is 18.4 Å². The second-order valence-electron chi connectivity index (χ2n) is 5.46. The number of carbonyl (C=O) groups excluding carboxylic acids is 1. The largest absolute Gasteiger partial charge is 0.364 e. The van der Waals surface area contributed by atoms with Crippen molar-refractivity contribution in [3.63, 3.8) is 0 Å². The Balaban J connectivity index is 1.55. The predicted octanol–water partition coefficient (Wildman–Crippen LogP) is 3.73. The van der Waals surface area contributed by atoms with Crippen molar-refractivity contribution in [2.24, 2.45) is 0 Å². The van der Waals surface area contributed by atoms with Crippen molar-refractivity contribution in [1.29, 1.82) is 0 Å². The minimum absolute atomic E-state index is 0.0977. The molecule has 0 aliphatic rings. The van der Waals surface area contributed by atoms with Crippen molar-refractivity contribution in [3.05, 3.63) is 77.8 Å². The first-order valence-corrected chi connectivity index (χ1v) is 7.72. The van der Waals surface area contributed by atoms with Crippen molar-refractivity contribution in [1.82, 2.24) is 10.5 Å². The molecule has 4 nitrogen and oxygen atoms in total. The number of aromatic nitrogens is 1. The molecular weight excluding hydrogens is 307 g/mol. The quantitative estimate of drug-likeness (QED) is 0.751. The van der Waals surface area contributed by atoms with Gasteiger partial charge in [0.05, 0.1) is 0 Å². The summed E-state index contributed by atoms with van der Waals surface area (Å²) in [5.41, 5.74) is 3.34. The van der Waals surface area contributed by atoms with E-state index in [1.165, 1.54) is 12.1 Å². The van der Waals surface area contributed by atoms with Gasteiger partial charge in [0.15, 0.2) is 0 Å². The molecule has 3 aromatic rings. The first kappa shape index (κ1) is 15.9. The van der Waals surface area contributed by atoms with Crippen LogP contribution in [-0.4, -0.2) is 11.1 Å². The van der Waals surface area contributed by atoms with E-state index in [0.29, 0.717) is 19.4 Å². The molecule has 1 amide bonds. The monoisotopic (exact) mass is 324 g/mol. The summed E-state index contributed by atoms with van der Waals surface area (Å²) in [6.07, 6.45) is 2.42. The molecule has 0 atom stereocenters. The number of nitrogens with one attached hydrogen (secondary N) is 1. The van der Waals surface area contributed by atoms with Gasteiger partial charge in [-0.05, 0) is 24.1 Å². The summed E-state index contributed by atoms with van der Waals surface area (Å²) in [6, 6.07) is 15.9. The fourth-order valence-corrected chi connectivity index (χ4v) is 2.45. The van der Waals surface area contributed by atoms with Gasteiger partial charge in [-0.2, -0.15) is 0 Å². The highest BCUT2D eigenvalue weighted by Gasteiger charge is 2.11. The highest BCUT2D eigenvalue weighted by Crippen LogP contribution is 2.22. The first-order valence-electron chi connectivity index (χ1n) is 7.72. The van der Waals surface area contributed by atoms with Gasteiger partial charge >= 0.3 is 0 Å². The van der Waals surface area contributed by atoms with E-state index < -0.39 is 0 Å². The van der Waals surface area contributed by atoms with Gasteiger partial charge in [-0.1, -0.05) is 47.6 Å². The van der Waals surface area contributed by atoms with Crippen LogP contribution in [0.1, 0.15) is 17.5 Å². The SMILES string of the molecule is O=C(CCc1conc1-c1ccccc1)NCc1cccc(F)c1. The van der Waals surface area contributed by atoms with Crippen LogP contribution in [0.4, 0.5) is 4.39 Å². The molecule has 1 aromatic heterocycles. The van der Waals surface area contributed by atoms with Gasteiger partial charge in [0.2, 0.25) is 5.91 Å². The van der Waals surface area contributed by atoms with E-state index in [0.717, 1.165) is 22.4 Å². The van der Waals surface area contributed by atoms with Crippen LogP contribution in [0.25, 0.3) is 11.3 Å². The van der Waals surface area contributed by atoms with Gasteiger partial charge in [0.1, 0.15) is 17.8 Å². The molecule has 24 heavy (non-hydrogen) atoms. The molecule has 0 aliphatic carbocycles. The van der Waals surface area contributed by atoms with Gasteiger partial charge in [0.25, 0.3) is 0 Å². The molecule has 3 rings (SSSR count). The maximum absolute atomic E-state index is 13.1. The molecule has 1 heterocycles. The van der Waals surface area contributed by atoms with Crippen LogP contribution in [0.3, 0.4) is 0 Å². The van der Waals surface area contributed by atoms with Crippen LogP contribution < -0.4 is 5.32 Å². The number of hydrogen-bond acceptors (Lipinski definition) is 3. The van der Waals surface area contributed by atoms with Crippen LogP contribution in [0.5, 0.6) is 0 Å². The Morgan fingerprint density at radius 1 is 1.12 bits per heavy atom. The van der Waals surface area contributed by atoms with Crippen LogP contribution >= 0.6 is 0 Å². The van der Waals surface area contributed by atoms with Gasteiger partial charge in [-0.3, -0.25) is 4.79 Å². The molecular formula is C19H17FN2O2. The lowest BCUT2D eigenvalue weighted by molar-refractivity contribution is -0.121. The van der Waals surface area contributed by atoms with Gasteiger partial charge < -0.3 is 9.84 Å². The summed E-state index contributed by atoms with van der Waals surface area (Å²) in [6.45, 7) is 0.311. The van der Waals surface area contributed by atoms with Crippen molar-refractivity contribution in [2.75, 3.05) is 0 Å². The van der Waals surface area contributed by atoms with E-state index in [1.807, 2.05) is 30.3 Å². The molecule has 1 N–H and O–H groups in total. The third-order valence-electron chi connectivity index (χ3n) is 3.69. The van der Waals surface area contributed by atoms with Gasteiger partial charge in [0, 0.05) is 24.1 Å². The molecule has 0 spiro atoms. The molecule has 0 unspecified atom stereocenters.